The molecule has 0 aliphatic carbocycles. The zero-order chi connectivity index (χ0) is 18.1. The van der Waals surface area contributed by atoms with E-state index < -0.39 is 6.10 Å². The van der Waals surface area contributed by atoms with E-state index >= 15 is 0 Å². The van der Waals surface area contributed by atoms with Gasteiger partial charge in [-0.3, -0.25) is 4.79 Å². The smallest absolute Gasteiger partial charge is 0.261 e. The number of halogens is 2. The average molecular weight is 382 g/mol. The number of hydrogen-bond acceptors (Lipinski definition) is 3. The molecule has 2 aromatic carbocycles. The van der Waals surface area contributed by atoms with Crippen molar-refractivity contribution < 1.29 is 13.9 Å². The van der Waals surface area contributed by atoms with Gasteiger partial charge in [-0.15, -0.1) is 0 Å². The van der Waals surface area contributed by atoms with Gasteiger partial charge in [0.25, 0.3) is 5.91 Å². The number of amides is 1. The van der Waals surface area contributed by atoms with Gasteiger partial charge in [-0.2, -0.15) is 11.8 Å². The minimum Gasteiger partial charge on any atom is -0.481 e. The third kappa shape index (κ3) is 6.96. The van der Waals surface area contributed by atoms with Crippen LogP contribution in [-0.2, 0) is 10.5 Å². The van der Waals surface area contributed by atoms with Crippen LogP contribution in [0.15, 0.2) is 48.5 Å². The Balaban J connectivity index is 1.68. The fourth-order valence-electron chi connectivity index (χ4n) is 2.13. The summed E-state index contributed by atoms with van der Waals surface area (Å²) >= 11 is 7.59. The standard InChI is InChI=1S/C19H21ClFNO2S/c1-2-18(24-17-9-7-16(21)8-10-17)19(23)22-11-12-25-13-14-3-5-15(20)6-4-14/h3-10,18H,2,11-13H2,1H3,(H,22,23). The highest BCUT2D eigenvalue weighted by molar-refractivity contribution is 7.98. The normalized spacial score (nSPS) is 11.8. The summed E-state index contributed by atoms with van der Waals surface area (Å²) in [5.74, 6) is 1.68. The summed E-state index contributed by atoms with van der Waals surface area (Å²) in [6.45, 7) is 2.45. The zero-order valence-electron chi connectivity index (χ0n) is 14.0. The second kappa shape index (κ2) is 10.3. The fourth-order valence-corrected chi connectivity index (χ4v) is 3.08. The lowest BCUT2D eigenvalue weighted by Gasteiger charge is -2.17. The first-order valence-corrected chi connectivity index (χ1v) is 9.64. The van der Waals surface area contributed by atoms with Crippen LogP contribution in [0.4, 0.5) is 4.39 Å². The molecule has 0 saturated heterocycles. The molecule has 0 aliphatic heterocycles. The Labute approximate surface area is 156 Å². The SMILES string of the molecule is CCC(Oc1ccc(F)cc1)C(=O)NCCSCc1ccc(Cl)cc1. The molecule has 134 valence electrons. The Morgan fingerprint density at radius 1 is 1.20 bits per heavy atom. The fraction of sp³-hybridized carbons (Fsp3) is 0.316. The molecule has 1 N–H and O–H groups in total. The van der Waals surface area contributed by atoms with Crippen LogP contribution in [0.3, 0.4) is 0 Å². The highest BCUT2D eigenvalue weighted by Gasteiger charge is 2.17. The van der Waals surface area contributed by atoms with Crippen LogP contribution in [0, 0.1) is 5.82 Å². The monoisotopic (exact) mass is 381 g/mol. The Bertz CT molecular complexity index is 664. The zero-order valence-corrected chi connectivity index (χ0v) is 15.6. The van der Waals surface area contributed by atoms with Gasteiger partial charge in [0.05, 0.1) is 0 Å². The summed E-state index contributed by atoms with van der Waals surface area (Å²) in [6, 6.07) is 13.4. The second-order valence-corrected chi connectivity index (χ2v) is 6.98. The van der Waals surface area contributed by atoms with Gasteiger partial charge in [0.1, 0.15) is 11.6 Å². The van der Waals surface area contributed by atoms with Crippen molar-refractivity contribution in [3.8, 4) is 5.75 Å². The summed E-state index contributed by atoms with van der Waals surface area (Å²) in [7, 11) is 0. The van der Waals surface area contributed by atoms with Crippen molar-refractivity contribution in [2.24, 2.45) is 0 Å². The topological polar surface area (TPSA) is 38.3 Å². The molecule has 0 bridgehead atoms. The highest BCUT2D eigenvalue weighted by atomic mass is 35.5. The molecule has 0 aromatic heterocycles. The number of thioether (sulfide) groups is 1. The molecule has 0 radical (unpaired) electrons. The Morgan fingerprint density at radius 2 is 1.88 bits per heavy atom. The molecule has 1 amide bonds. The largest absolute Gasteiger partial charge is 0.481 e. The van der Waals surface area contributed by atoms with Crippen molar-refractivity contribution in [3.63, 3.8) is 0 Å². The lowest BCUT2D eigenvalue weighted by Crippen LogP contribution is -2.39. The van der Waals surface area contributed by atoms with Crippen molar-refractivity contribution in [1.29, 1.82) is 0 Å². The molecule has 1 unspecified atom stereocenters. The summed E-state index contributed by atoms with van der Waals surface area (Å²) in [4.78, 5) is 12.2. The van der Waals surface area contributed by atoms with E-state index in [2.05, 4.69) is 5.32 Å². The minimum atomic E-state index is -0.577. The minimum absolute atomic E-state index is 0.154. The van der Waals surface area contributed by atoms with Crippen molar-refractivity contribution in [3.05, 3.63) is 64.9 Å². The predicted octanol–water partition coefficient (Wildman–Crippen LogP) is 4.69. The van der Waals surface area contributed by atoms with Crippen molar-refractivity contribution in [1.82, 2.24) is 5.32 Å². The Morgan fingerprint density at radius 3 is 2.52 bits per heavy atom. The molecule has 25 heavy (non-hydrogen) atoms. The van der Waals surface area contributed by atoms with Gasteiger partial charge in [0.2, 0.25) is 0 Å². The molecular formula is C19H21ClFNO2S. The predicted molar refractivity (Wildman–Crippen MR) is 102 cm³/mol. The summed E-state index contributed by atoms with van der Waals surface area (Å²) in [6.07, 6.45) is -0.0343. The first-order chi connectivity index (χ1) is 12.1. The molecule has 0 fully saturated rings. The molecule has 0 spiro atoms. The third-order valence-electron chi connectivity index (χ3n) is 3.48. The van der Waals surface area contributed by atoms with Gasteiger partial charge in [0.15, 0.2) is 6.10 Å². The van der Waals surface area contributed by atoms with Crippen molar-refractivity contribution in [2.75, 3.05) is 12.3 Å². The van der Waals surface area contributed by atoms with Crippen LogP contribution in [0.2, 0.25) is 5.02 Å². The molecule has 0 aliphatic rings. The van der Waals surface area contributed by atoms with Gasteiger partial charge in [-0.1, -0.05) is 30.7 Å². The van der Waals surface area contributed by atoms with Crippen LogP contribution in [0.5, 0.6) is 5.75 Å². The van der Waals surface area contributed by atoms with E-state index in [1.165, 1.54) is 29.8 Å². The van der Waals surface area contributed by atoms with Crippen molar-refractivity contribution >= 4 is 29.3 Å². The maximum atomic E-state index is 12.9. The van der Waals surface area contributed by atoms with Crippen molar-refractivity contribution in [2.45, 2.75) is 25.2 Å². The number of benzene rings is 2. The van der Waals surface area contributed by atoms with Gasteiger partial charge >= 0.3 is 0 Å². The van der Waals surface area contributed by atoms with Gasteiger partial charge in [-0.05, 0) is 48.4 Å². The molecule has 2 rings (SSSR count). The number of ether oxygens (including phenoxy) is 1. The quantitative estimate of drug-likeness (QED) is 0.640. The summed E-state index contributed by atoms with van der Waals surface area (Å²) in [5, 5.41) is 3.61. The lowest BCUT2D eigenvalue weighted by atomic mass is 10.2. The molecule has 2 aromatic rings. The van der Waals surface area contributed by atoms with Gasteiger partial charge < -0.3 is 10.1 Å². The Hall–Kier alpha value is -1.72. The van der Waals surface area contributed by atoms with E-state index in [0.717, 1.165) is 16.5 Å². The van der Waals surface area contributed by atoms with E-state index in [1.807, 2.05) is 31.2 Å². The summed E-state index contributed by atoms with van der Waals surface area (Å²) in [5.41, 5.74) is 1.20. The highest BCUT2D eigenvalue weighted by Crippen LogP contribution is 2.16. The van der Waals surface area contributed by atoms with E-state index in [-0.39, 0.29) is 11.7 Å². The molecular weight excluding hydrogens is 361 g/mol. The van der Waals surface area contributed by atoms with Gasteiger partial charge in [-0.25, -0.2) is 4.39 Å². The first kappa shape index (κ1) is 19.6. The number of rotatable bonds is 9. The lowest BCUT2D eigenvalue weighted by molar-refractivity contribution is -0.127. The molecule has 0 heterocycles. The number of nitrogens with one attached hydrogen (secondary N) is 1. The number of carbonyl (C=O) groups excluding carboxylic acids is 1. The number of carbonyl (C=O) groups is 1. The van der Waals surface area contributed by atoms with Crippen LogP contribution in [0.25, 0.3) is 0 Å². The van der Waals surface area contributed by atoms with E-state index in [9.17, 15) is 9.18 Å². The van der Waals surface area contributed by atoms with Crippen LogP contribution < -0.4 is 10.1 Å². The second-order valence-electron chi connectivity index (χ2n) is 5.44. The number of hydrogen-bond donors (Lipinski definition) is 1. The van der Waals surface area contributed by atoms with E-state index in [0.29, 0.717) is 18.7 Å². The maximum absolute atomic E-state index is 12.9. The third-order valence-corrected chi connectivity index (χ3v) is 4.77. The molecule has 0 saturated carbocycles. The van der Waals surface area contributed by atoms with E-state index in [4.69, 9.17) is 16.3 Å². The molecule has 1 atom stereocenters. The molecule has 3 nitrogen and oxygen atoms in total. The van der Waals surface area contributed by atoms with Crippen LogP contribution >= 0.6 is 23.4 Å². The first-order valence-electron chi connectivity index (χ1n) is 8.10. The molecule has 6 heteroatoms. The Kier molecular flexibility index (Phi) is 8.09. The average Bonchev–Trinajstić information content (AvgIpc) is 2.62. The van der Waals surface area contributed by atoms with E-state index in [1.54, 1.807) is 11.8 Å². The van der Waals surface area contributed by atoms with Crippen LogP contribution in [-0.4, -0.2) is 24.3 Å². The van der Waals surface area contributed by atoms with Gasteiger partial charge in [0, 0.05) is 23.1 Å². The maximum Gasteiger partial charge on any atom is 0.261 e. The summed E-state index contributed by atoms with van der Waals surface area (Å²) < 4.78 is 18.5. The van der Waals surface area contributed by atoms with Crippen LogP contribution in [0.1, 0.15) is 18.9 Å².